The number of anilines is 1. The van der Waals surface area contributed by atoms with E-state index >= 15 is 0 Å². The highest BCUT2D eigenvalue weighted by Gasteiger charge is 2.27. The van der Waals surface area contributed by atoms with Gasteiger partial charge in [-0.05, 0) is 48.8 Å². The van der Waals surface area contributed by atoms with Crippen molar-refractivity contribution in [2.75, 3.05) is 23.9 Å². The summed E-state index contributed by atoms with van der Waals surface area (Å²) in [4.78, 5) is 24.4. The Morgan fingerprint density at radius 3 is 2.52 bits per heavy atom. The number of hydrogen-bond donors (Lipinski definition) is 2. The molecule has 0 aliphatic carbocycles. The van der Waals surface area contributed by atoms with Crippen molar-refractivity contribution >= 4 is 50.9 Å². The Morgan fingerprint density at radius 1 is 1.14 bits per heavy atom. The highest BCUT2D eigenvalue weighted by Crippen LogP contribution is 2.15. The normalized spacial score (nSPS) is 12.2. The van der Waals surface area contributed by atoms with E-state index in [0.717, 1.165) is 0 Å². The van der Waals surface area contributed by atoms with Crippen LogP contribution in [0.15, 0.2) is 59.5 Å². The molecular weight excluding hydrogens is 436 g/mol. The predicted molar refractivity (Wildman–Crippen MR) is 115 cm³/mol. The second kappa shape index (κ2) is 11.2. The topological polar surface area (TPSA) is 102 Å². The molecule has 10 heteroatoms. The maximum atomic E-state index is 12.5. The molecule has 0 bridgehead atoms. The summed E-state index contributed by atoms with van der Waals surface area (Å²) < 4.78 is 32.4. The average Bonchev–Trinajstić information content (AvgIpc) is 2.70. The summed E-state index contributed by atoms with van der Waals surface area (Å²) >= 11 is 7.32. The van der Waals surface area contributed by atoms with Crippen molar-refractivity contribution in [1.29, 1.82) is 0 Å². The monoisotopic (exact) mass is 456 g/mol. The van der Waals surface area contributed by atoms with Gasteiger partial charge in [0.15, 0.2) is 6.61 Å². The molecule has 2 rings (SSSR count). The van der Waals surface area contributed by atoms with Crippen LogP contribution in [0.3, 0.4) is 0 Å². The highest BCUT2D eigenvalue weighted by molar-refractivity contribution is 7.98. The van der Waals surface area contributed by atoms with Gasteiger partial charge in [0.05, 0.1) is 4.90 Å². The van der Waals surface area contributed by atoms with Crippen LogP contribution in [0, 0.1) is 0 Å². The molecule has 0 aliphatic rings. The summed E-state index contributed by atoms with van der Waals surface area (Å²) in [5, 5.41) is 3.00. The first-order valence-corrected chi connectivity index (χ1v) is 11.9. The number of carbonyl (C=O) groups is 2. The van der Waals surface area contributed by atoms with Crippen LogP contribution < -0.4 is 10.0 Å². The molecule has 0 saturated heterocycles. The molecule has 2 N–H and O–H groups in total. The van der Waals surface area contributed by atoms with Gasteiger partial charge < -0.3 is 10.1 Å². The lowest BCUT2D eigenvalue weighted by Gasteiger charge is -2.17. The zero-order chi connectivity index (χ0) is 21.3. The Kier molecular flexibility index (Phi) is 8.97. The second-order valence-corrected chi connectivity index (χ2v) is 9.07. The first kappa shape index (κ1) is 23.2. The number of halogens is 1. The Labute approximate surface area is 179 Å². The third-order valence-electron chi connectivity index (χ3n) is 3.70. The van der Waals surface area contributed by atoms with Crippen LogP contribution >= 0.6 is 23.4 Å². The molecule has 29 heavy (non-hydrogen) atoms. The van der Waals surface area contributed by atoms with Crippen LogP contribution in [0.2, 0.25) is 5.02 Å². The fourth-order valence-electron chi connectivity index (χ4n) is 2.32. The first-order chi connectivity index (χ1) is 13.8. The Hall–Kier alpha value is -2.07. The van der Waals surface area contributed by atoms with E-state index in [1.54, 1.807) is 42.5 Å². The zero-order valence-corrected chi connectivity index (χ0v) is 18.0. The van der Waals surface area contributed by atoms with Gasteiger partial charge in [0.2, 0.25) is 10.0 Å². The van der Waals surface area contributed by atoms with Crippen molar-refractivity contribution in [3.8, 4) is 0 Å². The first-order valence-electron chi connectivity index (χ1n) is 8.60. The fraction of sp³-hybridized carbons (Fsp3) is 0.263. The third kappa shape index (κ3) is 7.69. The number of rotatable bonds is 10. The molecule has 2 aromatic carbocycles. The van der Waals surface area contributed by atoms with Gasteiger partial charge in [-0.1, -0.05) is 35.9 Å². The molecule has 1 atom stereocenters. The number of esters is 1. The number of hydrogen-bond acceptors (Lipinski definition) is 6. The smallest absolute Gasteiger partial charge is 0.324 e. The lowest BCUT2D eigenvalue weighted by Crippen LogP contribution is -2.43. The molecule has 7 nitrogen and oxygen atoms in total. The summed E-state index contributed by atoms with van der Waals surface area (Å²) in [5.74, 6) is -0.846. The molecule has 0 aliphatic heterocycles. The molecule has 0 spiro atoms. The van der Waals surface area contributed by atoms with Gasteiger partial charge in [-0.25, -0.2) is 8.42 Å². The maximum Gasteiger partial charge on any atom is 0.324 e. The highest BCUT2D eigenvalue weighted by atomic mass is 35.5. The van der Waals surface area contributed by atoms with Gasteiger partial charge in [0, 0.05) is 10.7 Å². The van der Waals surface area contributed by atoms with E-state index in [1.807, 2.05) is 6.26 Å². The van der Waals surface area contributed by atoms with E-state index < -0.39 is 34.5 Å². The van der Waals surface area contributed by atoms with Gasteiger partial charge >= 0.3 is 5.97 Å². The molecule has 2 aromatic rings. The summed E-state index contributed by atoms with van der Waals surface area (Å²) in [5.41, 5.74) is 0.460. The van der Waals surface area contributed by atoms with Crippen LogP contribution in [0.5, 0.6) is 0 Å². The van der Waals surface area contributed by atoms with Gasteiger partial charge in [-0.3, -0.25) is 9.59 Å². The van der Waals surface area contributed by atoms with Crippen molar-refractivity contribution < 1.29 is 22.7 Å². The standard InChI is InChI=1S/C19H21ClN2O5S2/c1-28-11-10-17(22-29(25,26)16-8-3-2-4-9-16)19(24)27-13-18(23)21-15-7-5-6-14(20)12-15/h2-9,12,17,22H,10-11,13H2,1H3,(H,21,23). The molecule has 156 valence electrons. The van der Waals surface area contributed by atoms with E-state index in [-0.39, 0.29) is 11.3 Å². The van der Waals surface area contributed by atoms with Crippen molar-refractivity contribution in [2.45, 2.75) is 17.4 Å². The van der Waals surface area contributed by atoms with Gasteiger partial charge in [-0.2, -0.15) is 16.5 Å². The van der Waals surface area contributed by atoms with Crippen LogP contribution in [-0.4, -0.2) is 45.0 Å². The SMILES string of the molecule is CSCCC(NS(=O)(=O)c1ccccc1)C(=O)OCC(=O)Nc1cccc(Cl)c1. The van der Waals surface area contributed by atoms with Crippen molar-refractivity contribution in [2.24, 2.45) is 0 Å². The zero-order valence-electron chi connectivity index (χ0n) is 15.6. The minimum atomic E-state index is -3.90. The number of carbonyl (C=O) groups excluding carboxylic acids is 2. The summed E-state index contributed by atoms with van der Waals surface area (Å²) in [6.45, 7) is -0.547. The Bertz CT molecular complexity index is 939. The van der Waals surface area contributed by atoms with Crippen molar-refractivity contribution in [3.63, 3.8) is 0 Å². The number of ether oxygens (including phenoxy) is 1. The average molecular weight is 457 g/mol. The predicted octanol–water partition coefficient (Wildman–Crippen LogP) is 2.92. The van der Waals surface area contributed by atoms with Crippen LogP contribution in [0.4, 0.5) is 5.69 Å². The molecular formula is C19H21ClN2O5S2. The van der Waals surface area contributed by atoms with E-state index in [2.05, 4.69) is 10.0 Å². The van der Waals surface area contributed by atoms with Crippen LogP contribution in [-0.2, 0) is 24.3 Å². The Morgan fingerprint density at radius 2 is 1.86 bits per heavy atom. The summed E-state index contributed by atoms with van der Waals surface area (Å²) in [6.07, 6.45) is 2.06. The molecule has 1 unspecified atom stereocenters. The van der Waals surface area contributed by atoms with Gasteiger partial charge in [0.1, 0.15) is 6.04 Å². The largest absolute Gasteiger partial charge is 0.454 e. The Balaban J connectivity index is 1.98. The molecule has 0 aromatic heterocycles. The van der Waals surface area contributed by atoms with E-state index in [4.69, 9.17) is 16.3 Å². The molecule has 0 fully saturated rings. The van der Waals surface area contributed by atoms with Gasteiger partial charge in [0.25, 0.3) is 5.91 Å². The number of thioether (sulfide) groups is 1. The number of nitrogens with one attached hydrogen (secondary N) is 2. The summed E-state index contributed by atoms with van der Waals surface area (Å²) in [6, 6.07) is 13.1. The lowest BCUT2D eigenvalue weighted by molar-refractivity contribution is -0.149. The second-order valence-electron chi connectivity index (χ2n) is 5.93. The van der Waals surface area contributed by atoms with Crippen molar-refractivity contribution in [3.05, 3.63) is 59.6 Å². The van der Waals surface area contributed by atoms with Crippen LogP contribution in [0.1, 0.15) is 6.42 Å². The number of sulfonamides is 1. The van der Waals surface area contributed by atoms with E-state index in [0.29, 0.717) is 16.5 Å². The minimum Gasteiger partial charge on any atom is -0.454 e. The molecule has 0 radical (unpaired) electrons. The lowest BCUT2D eigenvalue weighted by atomic mass is 10.2. The fourth-order valence-corrected chi connectivity index (χ4v) is 4.22. The molecule has 0 heterocycles. The minimum absolute atomic E-state index is 0.0423. The van der Waals surface area contributed by atoms with E-state index in [1.165, 1.54) is 23.9 Å². The molecule has 0 saturated carbocycles. The number of benzene rings is 2. The van der Waals surface area contributed by atoms with Crippen LogP contribution in [0.25, 0.3) is 0 Å². The quantitative estimate of drug-likeness (QED) is 0.533. The summed E-state index contributed by atoms with van der Waals surface area (Å²) in [7, 11) is -3.90. The van der Waals surface area contributed by atoms with E-state index in [9.17, 15) is 18.0 Å². The number of amides is 1. The van der Waals surface area contributed by atoms with Gasteiger partial charge in [-0.15, -0.1) is 0 Å². The third-order valence-corrected chi connectivity index (χ3v) is 6.07. The molecule has 1 amide bonds. The maximum absolute atomic E-state index is 12.5. The van der Waals surface area contributed by atoms with Crippen molar-refractivity contribution in [1.82, 2.24) is 4.72 Å².